The third-order valence-corrected chi connectivity index (χ3v) is 10.1. The third kappa shape index (κ3) is 35.8. The molecule has 0 aliphatic rings. The predicted octanol–water partition coefficient (Wildman–Crippen LogP) is 10.4. The summed E-state index contributed by atoms with van der Waals surface area (Å²) in [4.78, 5) is 77.8. The summed E-state index contributed by atoms with van der Waals surface area (Å²) in [7, 11) is 3.28. The number of nitrogens with zero attached hydrogens (tertiary/aromatic N) is 5. The van der Waals surface area contributed by atoms with Crippen LogP contribution in [-0.2, 0) is 9.59 Å². The van der Waals surface area contributed by atoms with E-state index in [0.29, 0.717) is 34.7 Å². The molecule has 0 bridgehead atoms. The van der Waals surface area contributed by atoms with E-state index < -0.39 is 5.76 Å². The van der Waals surface area contributed by atoms with Crippen molar-refractivity contribution in [3.8, 4) is 0 Å². The second-order valence-electron chi connectivity index (χ2n) is 17.3. The van der Waals surface area contributed by atoms with Crippen molar-refractivity contribution in [2.75, 3.05) is 14.1 Å². The van der Waals surface area contributed by atoms with Gasteiger partial charge in [0, 0.05) is 89.5 Å². The molecule has 6 aromatic rings. The second-order valence-corrected chi connectivity index (χ2v) is 18.7. The lowest BCUT2D eigenvalue weighted by Crippen LogP contribution is -2.22. The van der Waals surface area contributed by atoms with E-state index in [-0.39, 0.29) is 107 Å². The fourth-order valence-electron chi connectivity index (χ4n) is 4.16. The Morgan fingerprint density at radius 1 is 0.649 bits per heavy atom. The van der Waals surface area contributed by atoms with Crippen LogP contribution >= 0.6 is 23.3 Å². The van der Waals surface area contributed by atoms with Crippen LogP contribution in [0.5, 0.6) is 0 Å². The zero-order chi connectivity index (χ0) is 53.6. The van der Waals surface area contributed by atoms with Crippen LogP contribution in [0.1, 0.15) is 223 Å². The molecular formula is C50H96N12O10S2. The minimum atomic E-state index is -0.487. The van der Waals surface area contributed by atoms with Crippen molar-refractivity contribution < 1.29 is 23.1 Å². The molecular weight excluding hydrogens is 993 g/mol. The number of aromatic amines is 5. The first-order valence-corrected chi connectivity index (χ1v) is 23.9. The Hall–Kier alpha value is -6.30. The van der Waals surface area contributed by atoms with Crippen LogP contribution in [0.15, 0.2) is 62.1 Å². The largest absolute Gasteiger partial charge is 0.472 e. The van der Waals surface area contributed by atoms with Gasteiger partial charge in [-0.2, -0.15) is 14.7 Å². The van der Waals surface area contributed by atoms with Gasteiger partial charge in [0.1, 0.15) is 11.5 Å². The second kappa shape index (κ2) is 44.2. The number of aryl methyl sites for hydroxylation is 1. The lowest BCUT2D eigenvalue weighted by molar-refractivity contribution is -0.124. The minimum absolute atomic E-state index is 0. The first-order chi connectivity index (χ1) is 32.1. The predicted molar refractivity (Wildman–Crippen MR) is 304 cm³/mol. The van der Waals surface area contributed by atoms with Crippen molar-refractivity contribution in [3.63, 3.8) is 0 Å². The number of amides is 2. The number of aromatic nitrogens is 10. The van der Waals surface area contributed by atoms with Crippen molar-refractivity contribution in [1.29, 1.82) is 0 Å². The molecule has 428 valence electrons. The number of carbonyl (C=O) groups excluding carboxylic acids is 2. The maximum atomic E-state index is 11.4. The van der Waals surface area contributed by atoms with Crippen LogP contribution in [0.25, 0.3) is 0 Å². The Bertz CT molecular complexity index is 2410. The topological polar surface area (TPSA) is 326 Å². The van der Waals surface area contributed by atoms with Crippen molar-refractivity contribution in [2.24, 2.45) is 11.8 Å². The normalized spacial score (nSPS) is 9.55. The highest BCUT2D eigenvalue weighted by molar-refractivity contribution is 7.05. The van der Waals surface area contributed by atoms with Gasteiger partial charge in [-0.1, -0.05) is 170 Å². The number of hydrogen-bond acceptors (Lipinski definition) is 17. The maximum absolute atomic E-state index is 11.4. The van der Waals surface area contributed by atoms with Crippen molar-refractivity contribution in [2.45, 2.75) is 190 Å². The van der Waals surface area contributed by atoms with Crippen LogP contribution in [-0.4, -0.2) is 75.0 Å². The van der Waals surface area contributed by atoms with E-state index in [0.717, 1.165) is 28.0 Å². The molecule has 0 fully saturated rings. The molecule has 0 unspecified atom stereocenters. The van der Waals surface area contributed by atoms with E-state index in [1.54, 1.807) is 27.1 Å². The van der Waals surface area contributed by atoms with Gasteiger partial charge in [-0.15, -0.1) is 10.2 Å². The number of rotatable bonds is 8. The van der Waals surface area contributed by atoms with E-state index in [2.05, 4.69) is 78.0 Å². The molecule has 0 saturated heterocycles. The minimum Gasteiger partial charge on any atom is -0.472 e. The fraction of sp³-hybridized carbons (Fsp3) is 0.640. The summed E-state index contributed by atoms with van der Waals surface area (Å²) in [5.74, 6) is 3.83. The fourth-order valence-corrected chi connectivity index (χ4v) is 5.47. The molecule has 0 aromatic carbocycles. The highest BCUT2D eigenvalue weighted by Gasteiger charge is 2.08. The first kappa shape index (κ1) is 81.7. The molecule has 6 aromatic heterocycles. The summed E-state index contributed by atoms with van der Waals surface area (Å²) in [5.41, 5.74) is 1.98. The number of tetrazole rings is 1. The van der Waals surface area contributed by atoms with Gasteiger partial charge < -0.3 is 19.6 Å². The molecule has 24 heteroatoms. The van der Waals surface area contributed by atoms with Crippen molar-refractivity contribution in [3.05, 3.63) is 116 Å². The highest BCUT2D eigenvalue weighted by atomic mass is 32.1. The lowest BCUT2D eigenvalue weighted by Gasteiger charge is -2.02. The Morgan fingerprint density at radius 2 is 1.19 bits per heavy atom. The lowest BCUT2D eigenvalue weighted by atomic mass is 10.0. The molecule has 74 heavy (non-hydrogen) atoms. The zero-order valence-corrected chi connectivity index (χ0v) is 45.2. The van der Waals surface area contributed by atoms with E-state index in [1.165, 1.54) is 30.1 Å². The maximum Gasteiger partial charge on any atom is 0.438 e. The van der Waals surface area contributed by atoms with E-state index in [4.69, 9.17) is 8.94 Å². The monoisotopic (exact) mass is 1090 g/mol. The van der Waals surface area contributed by atoms with Crippen LogP contribution in [0.4, 0.5) is 0 Å². The van der Waals surface area contributed by atoms with Gasteiger partial charge >= 0.3 is 5.76 Å². The van der Waals surface area contributed by atoms with Gasteiger partial charge in [-0.25, -0.2) is 4.79 Å². The van der Waals surface area contributed by atoms with Gasteiger partial charge in [0.2, 0.25) is 11.8 Å². The van der Waals surface area contributed by atoms with Crippen molar-refractivity contribution in [1.82, 2.24) is 59.7 Å². The summed E-state index contributed by atoms with van der Waals surface area (Å²) in [6.45, 7) is 33.0. The Kier molecular flexibility index (Phi) is 48.8. The van der Waals surface area contributed by atoms with Crippen LogP contribution in [0.3, 0.4) is 0 Å². The summed E-state index contributed by atoms with van der Waals surface area (Å²) < 4.78 is 23.1. The molecule has 0 radical (unpaired) electrons. The zero-order valence-electron chi connectivity index (χ0n) is 43.6. The summed E-state index contributed by atoms with van der Waals surface area (Å²) in [6, 6.07) is 3.11. The average Bonchev–Trinajstić information content (AvgIpc) is 4.15. The van der Waals surface area contributed by atoms with Gasteiger partial charge in [-0.05, 0) is 18.8 Å². The Labute approximate surface area is 448 Å². The first-order valence-electron chi connectivity index (χ1n) is 22.3. The average molecular weight is 1090 g/mol. The standard InChI is InChI=1S/C9H12O2.C6H9NO2.C6H9NOS.C5H8N2O2.C5H8N2OS.2C5H11NO.C4H8N4.5CH4/c1-6(2)8-5-11-4-7(3)9(8)10;2*1-4(2)5-3-6(8)7-9-5;1-3(2)4-6-5(8)9-7-4;1-3(2)4-5(8)7-9-6-4;2*1-4(2)5(7)6-3;1-3(2)4-5-7-8-6-4;;;;;/h4-6H,1-3H3;2*3-4H,1-2H3,(H,7,8);3H,1-2H3,(H,6,7,8);3H,1-2H3,(H,7,8);2*4H,1-3H3,(H,6,7);3H,1-2H3,(H,5,6,7,8);5*1H4. The molecule has 7 N–H and O–H groups in total. The van der Waals surface area contributed by atoms with Crippen LogP contribution < -0.4 is 38.5 Å². The Balaban J connectivity index is -0.000000138. The van der Waals surface area contributed by atoms with E-state index >= 15 is 0 Å². The smallest absolute Gasteiger partial charge is 0.438 e. The number of hydrogen-bond donors (Lipinski definition) is 7. The molecule has 22 nitrogen and oxygen atoms in total. The number of nitrogens with one attached hydrogen (secondary N) is 7. The Morgan fingerprint density at radius 3 is 1.39 bits per heavy atom. The van der Waals surface area contributed by atoms with Gasteiger partial charge in [0.25, 0.3) is 16.7 Å². The SMILES string of the molecule is C.C.C.C.C.CC(C)c1cc(=O)[nH]o1.CC(C)c1cc(=O)[nH]s1.CC(C)c1nn[nH]n1.CC(C)c1noc(=O)[nH]1.CC(C)c1ns[nH]c1=O.CNC(=O)C(C)C.CNC(=O)C(C)C.Cc1cocc(C(C)C)c1=O. The van der Waals surface area contributed by atoms with Crippen LogP contribution in [0.2, 0.25) is 0 Å². The van der Waals surface area contributed by atoms with Crippen molar-refractivity contribution >= 4 is 35.1 Å². The molecule has 0 atom stereocenters. The number of carbonyl (C=O) groups is 2. The number of H-pyrrole nitrogens is 5. The quantitative estimate of drug-likeness (QED) is 0.0745. The molecule has 6 heterocycles. The molecule has 6 rings (SSSR count). The molecule has 2 amide bonds. The van der Waals surface area contributed by atoms with Gasteiger partial charge in [-0.3, -0.25) is 47.0 Å². The summed E-state index contributed by atoms with van der Waals surface area (Å²) in [5, 5.41) is 24.1. The van der Waals surface area contributed by atoms with E-state index in [9.17, 15) is 33.6 Å². The third-order valence-electron chi connectivity index (χ3n) is 8.39. The van der Waals surface area contributed by atoms with Gasteiger partial charge in [0.15, 0.2) is 17.1 Å². The molecule has 0 aliphatic carbocycles. The van der Waals surface area contributed by atoms with Crippen LogP contribution in [0, 0.1) is 18.8 Å². The molecule has 0 spiro atoms. The van der Waals surface area contributed by atoms with E-state index in [1.807, 2.05) is 96.9 Å². The summed E-state index contributed by atoms with van der Waals surface area (Å²) >= 11 is 2.53. The van der Waals surface area contributed by atoms with Gasteiger partial charge in [0.05, 0.1) is 12.5 Å². The summed E-state index contributed by atoms with van der Waals surface area (Å²) in [6.07, 6.45) is 3.01. The molecule has 0 aliphatic heterocycles. The molecule has 0 saturated carbocycles. The highest BCUT2D eigenvalue weighted by Crippen LogP contribution is 2.14.